The van der Waals surface area contributed by atoms with Gasteiger partial charge in [-0.25, -0.2) is 4.99 Å². The first-order valence-electron chi connectivity index (χ1n) is 2.02. The molecule has 8 heavy (non-hydrogen) atoms. The van der Waals surface area contributed by atoms with Gasteiger partial charge in [-0.15, -0.1) is 12.6 Å². The Bertz CT molecular complexity index is 152. The van der Waals surface area contributed by atoms with Crippen molar-refractivity contribution in [2.75, 3.05) is 0 Å². The fraction of sp³-hybridized carbons (Fsp3) is 0.200. The van der Waals surface area contributed by atoms with Crippen LogP contribution in [0.3, 0.4) is 0 Å². The van der Waals surface area contributed by atoms with Crippen LogP contribution in [0.1, 0.15) is 6.92 Å². The van der Waals surface area contributed by atoms with E-state index in [-0.39, 0.29) is 0 Å². The van der Waals surface area contributed by atoms with Gasteiger partial charge in [0.15, 0.2) is 5.17 Å². The van der Waals surface area contributed by atoms with Gasteiger partial charge in [0.25, 0.3) is 0 Å². The Kier molecular flexibility index (Phi) is 4.00. The maximum Gasteiger partial charge on any atom is 0.193 e. The third-order valence-electron chi connectivity index (χ3n) is 0.409. The van der Waals surface area contributed by atoms with Crippen molar-refractivity contribution in [2.24, 2.45) is 9.98 Å². The van der Waals surface area contributed by atoms with Crippen LogP contribution in [0.15, 0.2) is 9.98 Å². The molecule has 3 heteroatoms. The van der Waals surface area contributed by atoms with Gasteiger partial charge in [0.05, 0.1) is 0 Å². The summed E-state index contributed by atoms with van der Waals surface area (Å²) in [5.74, 6) is 0. The molecule has 0 aromatic rings. The van der Waals surface area contributed by atoms with E-state index in [0.29, 0.717) is 5.17 Å². The van der Waals surface area contributed by atoms with Gasteiger partial charge in [-0.1, -0.05) is 6.42 Å². The first-order valence-corrected chi connectivity index (χ1v) is 2.47. The van der Waals surface area contributed by atoms with Crippen LogP contribution in [0, 0.1) is 12.5 Å². The smallest absolute Gasteiger partial charge is 0.193 e. The van der Waals surface area contributed by atoms with Crippen molar-refractivity contribution in [1.82, 2.24) is 0 Å². The van der Waals surface area contributed by atoms with E-state index < -0.39 is 0 Å². The van der Waals surface area contributed by atoms with E-state index in [1.165, 1.54) is 0 Å². The normalized spacial score (nSPS) is 11.9. The highest BCUT2D eigenvalue weighted by Crippen LogP contribution is 1.83. The molecule has 0 saturated carbocycles. The summed E-state index contributed by atoms with van der Waals surface area (Å²) < 4.78 is 0. The zero-order valence-electron chi connectivity index (χ0n) is 4.50. The summed E-state index contributed by atoms with van der Waals surface area (Å²) in [5, 5.41) is 0.315. The number of rotatable bonds is 0. The lowest BCUT2D eigenvalue weighted by atomic mass is 10.9. The summed E-state index contributed by atoms with van der Waals surface area (Å²) in [6.45, 7) is 1.77. The minimum Gasteiger partial charge on any atom is -0.236 e. The minimum atomic E-state index is 0.315. The van der Waals surface area contributed by atoms with E-state index >= 15 is 0 Å². The summed E-state index contributed by atoms with van der Waals surface area (Å²) >= 11 is 3.80. The fourth-order valence-electron chi connectivity index (χ4n) is 0.202. The maximum absolute atomic E-state index is 4.80. The number of thiol groups is 1. The number of nitrogens with zero attached hydrogens (tertiary/aromatic N) is 2. The average Bonchev–Trinajstić information content (AvgIpc) is 1.68. The summed E-state index contributed by atoms with van der Waals surface area (Å²) in [6.07, 6.45) is 6.37. The summed E-state index contributed by atoms with van der Waals surface area (Å²) in [5.41, 5.74) is 0. The van der Waals surface area contributed by atoms with Crippen LogP contribution >= 0.6 is 12.6 Å². The highest BCUT2D eigenvalue weighted by Gasteiger charge is 1.76. The van der Waals surface area contributed by atoms with Crippen molar-refractivity contribution in [2.45, 2.75) is 6.92 Å². The van der Waals surface area contributed by atoms with E-state index in [4.69, 9.17) is 6.42 Å². The van der Waals surface area contributed by atoms with Crippen LogP contribution in [0.4, 0.5) is 0 Å². The molecule has 42 valence electrons. The zero-order valence-corrected chi connectivity index (χ0v) is 5.39. The van der Waals surface area contributed by atoms with Crippen LogP contribution in [0.2, 0.25) is 0 Å². The first-order chi connectivity index (χ1) is 3.81. The van der Waals surface area contributed by atoms with Gasteiger partial charge < -0.3 is 0 Å². The molecular weight excluding hydrogens is 120 g/mol. The van der Waals surface area contributed by atoms with Crippen LogP contribution in [-0.4, -0.2) is 11.4 Å². The Morgan fingerprint density at radius 1 is 1.88 bits per heavy atom. The largest absolute Gasteiger partial charge is 0.236 e. The molecule has 0 aliphatic rings. The lowest BCUT2D eigenvalue weighted by Crippen LogP contribution is -1.77. The third kappa shape index (κ3) is 3.44. The van der Waals surface area contributed by atoms with Gasteiger partial charge >= 0.3 is 0 Å². The highest BCUT2D eigenvalue weighted by molar-refractivity contribution is 7.96. The Balaban J connectivity index is 3.85. The van der Waals surface area contributed by atoms with Gasteiger partial charge in [-0.2, -0.15) is 4.99 Å². The summed E-state index contributed by atoms with van der Waals surface area (Å²) in [7, 11) is 0. The van der Waals surface area contributed by atoms with Crippen LogP contribution < -0.4 is 0 Å². The topological polar surface area (TPSA) is 24.7 Å². The summed E-state index contributed by atoms with van der Waals surface area (Å²) in [6, 6.07) is 2.05. The SMILES string of the molecule is C#C/N=C(S)\N=C/C. The van der Waals surface area contributed by atoms with Crippen LogP contribution in [0.25, 0.3) is 0 Å². The van der Waals surface area contributed by atoms with Gasteiger partial charge in [0.2, 0.25) is 0 Å². The Labute approximate surface area is 54.1 Å². The van der Waals surface area contributed by atoms with E-state index in [2.05, 4.69) is 28.7 Å². The molecule has 0 aliphatic carbocycles. The van der Waals surface area contributed by atoms with Crippen molar-refractivity contribution in [3.05, 3.63) is 0 Å². The average molecular weight is 126 g/mol. The Morgan fingerprint density at radius 3 is 2.88 bits per heavy atom. The van der Waals surface area contributed by atoms with Crippen LogP contribution in [-0.2, 0) is 0 Å². The van der Waals surface area contributed by atoms with E-state index in [9.17, 15) is 0 Å². The second-order valence-corrected chi connectivity index (χ2v) is 1.33. The number of terminal acetylenes is 1. The van der Waals surface area contributed by atoms with Gasteiger partial charge in [0, 0.05) is 12.3 Å². The van der Waals surface area contributed by atoms with Crippen molar-refractivity contribution in [3.63, 3.8) is 0 Å². The lowest BCUT2D eigenvalue weighted by Gasteiger charge is -1.78. The number of hydrogen-bond donors (Lipinski definition) is 1. The van der Waals surface area contributed by atoms with Crippen LogP contribution in [0.5, 0.6) is 0 Å². The molecule has 0 aromatic heterocycles. The molecule has 0 unspecified atom stereocenters. The molecule has 0 atom stereocenters. The monoisotopic (exact) mass is 126 g/mol. The first kappa shape index (κ1) is 7.25. The van der Waals surface area contributed by atoms with E-state index in [1.54, 1.807) is 13.1 Å². The lowest BCUT2D eigenvalue weighted by molar-refractivity contribution is 1.62. The fourth-order valence-corrected chi connectivity index (χ4v) is 0.375. The summed E-state index contributed by atoms with van der Waals surface area (Å²) in [4.78, 5) is 7.09. The molecule has 0 bridgehead atoms. The van der Waals surface area contributed by atoms with Crippen molar-refractivity contribution in [3.8, 4) is 12.5 Å². The Morgan fingerprint density at radius 2 is 2.50 bits per heavy atom. The van der Waals surface area contributed by atoms with E-state index in [0.717, 1.165) is 0 Å². The third-order valence-corrected chi connectivity index (χ3v) is 0.625. The predicted octanol–water partition coefficient (Wildman–Crippen LogP) is 0.954. The molecule has 0 radical (unpaired) electrons. The molecule has 0 aromatic carbocycles. The molecule has 0 rings (SSSR count). The zero-order chi connectivity index (χ0) is 6.41. The van der Waals surface area contributed by atoms with Crippen molar-refractivity contribution < 1.29 is 0 Å². The molecule has 0 N–H and O–H groups in total. The molecule has 0 spiro atoms. The second-order valence-electron chi connectivity index (χ2n) is 0.928. The quantitative estimate of drug-likeness (QED) is 0.216. The minimum absolute atomic E-state index is 0.315. The second kappa shape index (κ2) is 4.41. The van der Waals surface area contributed by atoms with Gasteiger partial charge in [0.1, 0.15) is 0 Å². The highest BCUT2D eigenvalue weighted by atomic mass is 32.1. The number of amidine groups is 1. The van der Waals surface area contributed by atoms with Gasteiger partial charge in [-0.05, 0) is 6.92 Å². The molecule has 0 fully saturated rings. The van der Waals surface area contributed by atoms with Crippen molar-refractivity contribution in [1.29, 1.82) is 0 Å². The number of aliphatic imine (C=N–C) groups is 2. The molecule has 0 amide bonds. The molecule has 0 aliphatic heterocycles. The Hall–Kier alpha value is -0.750. The number of hydrogen-bond acceptors (Lipinski definition) is 1. The van der Waals surface area contributed by atoms with E-state index in [1.807, 2.05) is 0 Å². The molecular formula is C5H6N2S. The molecule has 0 heterocycles. The maximum atomic E-state index is 4.80. The molecule has 0 saturated heterocycles. The van der Waals surface area contributed by atoms with Crippen molar-refractivity contribution >= 4 is 24.0 Å². The predicted molar refractivity (Wildman–Crippen MR) is 39.4 cm³/mol. The molecule has 2 nitrogen and oxygen atoms in total. The van der Waals surface area contributed by atoms with Gasteiger partial charge in [-0.3, -0.25) is 0 Å². The standard InChI is InChI=1S/C5H6N2S/c1-3-6-5(8)7-4-2/h1,4H,2H3,(H,6,8)/b7-4-.